The van der Waals surface area contributed by atoms with Crippen LogP contribution in [0.1, 0.15) is 69.9 Å². The summed E-state index contributed by atoms with van der Waals surface area (Å²) in [5.41, 5.74) is 1.45. The van der Waals surface area contributed by atoms with Crippen LogP contribution in [-0.2, 0) is 9.53 Å². The number of rotatable bonds is 6. The number of hydrogen-bond acceptors (Lipinski definition) is 6. The highest BCUT2D eigenvalue weighted by atomic mass is 16.6. The Kier molecular flexibility index (Phi) is 7.51. The molecule has 0 bridgehead atoms. The number of aliphatic hydroxyl groups excluding tert-OH is 1. The maximum absolute atomic E-state index is 12.8. The van der Waals surface area contributed by atoms with E-state index in [0.717, 1.165) is 31.2 Å². The summed E-state index contributed by atoms with van der Waals surface area (Å²) in [4.78, 5) is 14.9. The summed E-state index contributed by atoms with van der Waals surface area (Å²) >= 11 is 0. The summed E-state index contributed by atoms with van der Waals surface area (Å²) in [6.45, 7) is 7.44. The minimum atomic E-state index is -0.524. The summed E-state index contributed by atoms with van der Waals surface area (Å²) < 4.78 is 5.66. The number of nitrogens with one attached hydrogen (secondary N) is 1. The number of benzene rings is 1. The molecule has 1 saturated heterocycles. The third-order valence-electron chi connectivity index (χ3n) is 6.13. The van der Waals surface area contributed by atoms with Gasteiger partial charge in [0.05, 0.1) is 17.7 Å². The third-order valence-corrected chi connectivity index (χ3v) is 6.13. The molecule has 2 fully saturated rings. The van der Waals surface area contributed by atoms with Crippen LogP contribution in [0, 0.1) is 11.3 Å². The minimum absolute atomic E-state index is 0.217. The van der Waals surface area contributed by atoms with Gasteiger partial charge >= 0.3 is 5.97 Å². The number of likely N-dealkylation sites (tertiary alicyclic amines) is 1. The number of nitrogens with zero attached hydrogens (tertiary/aromatic N) is 2. The van der Waals surface area contributed by atoms with Crippen LogP contribution >= 0.6 is 0 Å². The maximum atomic E-state index is 12.8. The number of carbonyl (C=O) groups is 1. The number of ether oxygens (including phenoxy) is 1. The van der Waals surface area contributed by atoms with Crippen LogP contribution in [0.15, 0.2) is 24.3 Å². The van der Waals surface area contributed by atoms with Crippen LogP contribution < -0.4 is 5.32 Å². The second kappa shape index (κ2) is 9.91. The molecule has 1 aliphatic carbocycles. The van der Waals surface area contributed by atoms with Gasteiger partial charge in [-0.1, -0.05) is 12.1 Å². The Morgan fingerprint density at radius 3 is 2.63 bits per heavy atom. The molecule has 1 heterocycles. The Morgan fingerprint density at radius 2 is 2.03 bits per heavy atom. The average molecular weight is 414 g/mol. The highest BCUT2D eigenvalue weighted by molar-refractivity contribution is 5.76. The lowest BCUT2D eigenvalue weighted by molar-refractivity contribution is -0.161. The lowest BCUT2D eigenvalue weighted by Crippen LogP contribution is -2.51. The van der Waals surface area contributed by atoms with Crippen molar-refractivity contribution in [3.63, 3.8) is 0 Å². The van der Waals surface area contributed by atoms with Crippen LogP contribution in [-0.4, -0.2) is 59.4 Å². The lowest BCUT2D eigenvalue weighted by Gasteiger charge is -2.33. The van der Waals surface area contributed by atoms with Gasteiger partial charge < -0.3 is 15.2 Å². The third kappa shape index (κ3) is 6.28. The summed E-state index contributed by atoms with van der Waals surface area (Å²) in [5.74, 6) is 0.276. The minimum Gasteiger partial charge on any atom is -0.459 e. The topological polar surface area (TPSA) is 85.6 Å². The van der Waals surface area contributed by atoms with Crippen LogP contribution in [0.5, 0.6) is 0 Å². The van der Waals surface area contributed by atoms with Crippen LogP contribution in [0.2, 0.25) is 0 Å². The van der Waals surface area contributed by atoms with Gasteiger partial charge in [-0.25, -0.2) is 0 Å². The van der Waals surface area contributed by atoms with Gasteiger partial charge in [0.25, 0.3) is 0 Å². The van der Waals surface area contributed by atoms with Crippen molar-refractivity contribution in [3.8, 4) is 6.07 Å². The van der Waals surface area contributed by atoms with Crippen molar-refractivity contribution in [1.29, 1.82) is 5.26 Å². The molecule has 6 nitrogen and oxygen atoms in total. The molecular formula is C24H35N3O3. The second-order valence-electron chi connectivity index (χ2n) is 9.68. The van der Waals surface area contributed by atoms with E-state index in [1.54, 1.807) is 0 Å². The molecule has 2 atom stereocenters. The highest BCUT2D eigenvalue weighted by Gasteiger charge is 2.35. The molecule has 6 heteroatoms. The normalized spacial score (nSPS) is 26.2. The number of esters is 1. The number of aliphatic hydroxyl groups is 1. The Balaban J connectivity index is 1.54. The monoisotopic (exact) mass is 413 g/mol. The van der Waals surface area contributed by atoms with Gasteiger partial charge in [-0.15, -0.1) is 0 Å². The van der Waals surface area contributed by atoms with Crippen LogP contribution in [0.25, 0.3) is 0 Å². The van der Waals surface area contributed by atoms with Crippen LogP contribution in [0.3, 0.4) is 0 Å². The van der Waals surface area contributed by atoms with E-state index in [-0.39, 0.29) is 18.1 Å². The van der Waals surface area contributed by atoms with E-state index in [1.165, 1.54) is 5.56 Å². The van der Waals surface area contributed by atoms with Crippen LogP contribution in [0.4, 0.5) is 0 Å². The SMILES string of the molecule is CC(C)(C)OC(=O)C(CNC1CCC(c2cccc(C#N)c2)CC1)N1CCC(O)C1. The van der Waals surface area contributed by atoms with Gasteiger partial charge in [-0.05, 0) is 76.5 Å². The molecule has 1 aromatic carbocycles. The highest BCUT2D eigenvalue weighted by Crippen LogP contribution is 2.33. The number of nitriles is 1. The molecule has 2 aliphatic rings. The zero-order chi connectivity index (χ0) is 21.7. The maximum Gasteiger partial charge on any atom is 0.325 e. The molecule has 0 spiro atoms. The molecule has 2 N–H and O–H groups in total. The van der Waals surface area contributed by atoms with Crippen molar-refractivity contribution in [3.05, 3.63) is 35.4 Å². The predicted octanol–water partition coefficient (Wildman–Crippen LogP) is 2.95. The fourth-order valence-corrected chi connectivity index (χ4v) is 4.55. The van der Waals surface area contributed by atoms with Crippen molar-refractivity contribution in [2.45, 2.75) is 82.6 Å². The zero-order valence-electron chi connectivity index (χ0n) is 18.4. The Bertz CT molecular complexity index is 760. The molecule has 1 saturated carbocycles. The van der Waals surface area contributed by atoms with Crippen molar-refractivity contribution in [1.82, 2.24) is 10.2 Å². The fraction of sp³-hybridized carbons (Fsp3) is 0.667. The average Bonchev–Trinajstić information content (AvgIpc) is 3.13. The summed E-state index contributed by atoms with van der Waals surface area (Å²) in [5, 5.41) is 22.6. The van der Waals surface area contributed by atoms with E-state index in [4.69, 9.17) is 10.00 Å². The summed E-state index contributed by atoms with van der Waals surface area (Å²) in [6, 6.07) is 10.2. The van der Waals surface area contributed by atoms with Crippen molar-refractivity contribution in [2.75, 3.05) is 19.6 Å². The Morgan fingerprint density at radius 1 is 1.30 bits per heavy atom. The molecule has 3 rings (SSSR count). The van der Waals surface area contributed by atoms with Crippen molar-refractivity contribution >= 4 is 5.97 Å². The second-order valence-corrected chi connectivity index (χ2v) is 9.68. The van der Waals surface area contributed by atoms with Gasteiger partial charge in [-0.2, -0.15) is 5.26 Å². The molecule has 164 valence electrons. The zero-order valence-corrected chi connectivity index (χ0v) is 18.4. The fourth-order valence-electron chi connectivity index (χ4n) is 4.55. The first-order valence-electron chi connectivity index (χ1n) is 11.1. The Labute approximate surface area is 180 Å². The van der Waals surface area contributed by atoms with E-state index < -0.39 is 5.60 Å². The first-order valence-corrected chi connectivity index (χ1v) is 11.1. The van der Waals surface area contributed by atoms with E-state index in [0.29, 0.717) is 38.0 Å². The van der Waals surface area contributed by atoms with E-state index in [1.807, 2.05) is 43.9 Å². The molecule has 0 amide bonds. The van der Waals surface area contributed by atoms with Crippen molar-refractivity contribution in [2.24, 2.45) is 0 Å². The van der Waals surface area contributed by atoms with Gasteiger partial charge in [-0.3, -0.25) is 9.69 Å². The Hall–Kier alpha value is -1.94. The first-order chi connectivity index (χ1) is 14.2. The predicted molar refractivity (Wildman–Crippen MR) is 116 cm³/mol. The standard InChI is InChI=1S/C24H35N3O3/c1-24(2,3)30-23(29)22(27-12-11-21(28)16-27)15-26-20-9-7-18(8-10-20)19-6-4-5-17(13-19)14-25/h4-6,13,18,20-22,26,28H,7-12,15-16H2,1-3H3. The first kappa shape index (κ1) is 22.7. The molecular weight excluding hydrogens is 378 g/mol. The molecule has 2 unspecified atom stereocenters. The largest absolute Gasteiger partial charge is 0.459 e. The van der Waals surface area contributed by atoms with E-state index in [2.05, 4.69) is 17.5 Å². The van der Waals surface area contributed by atoms with E-state index >= 15 is 0 Å². The van der Waals surface area contributed by atoms with Gasteiger partial charge in [0.1, 0.15) is 11.6 Å². The quantitative estimate of drug-likeness (QED) is 0.698. The number of β-amino-alcohol motifs (C(OH)–C–C–N with tert-alkyl or cyclic N) is 1. The molecule has 0 radical (unpaired) electrons. The smallest absolute Gasteiger partial charge is 0.325 e. The molecule has 1 aromatic rings. The van der Waals surface area contributed by atoms with Crippen molar-refractivity contribution < 1.29 is 14.6 Å². The van der Waals surface area contributed by atoms with Gasteiger partial charge in [0, 0.05) is 25.7 Å². The number of carbonyl (C=O) groups excluding carboxylic acids is 1. The summed E-state index contributed by atoms with van der Waals surface area (Å²) in [6.07, 6.45) is 4.58. The van der Waals surface area contributed by atoms with Gasteiger partial charge in [0.15, 0.2) is 0 Å². The molecule has 0 aromatic heterocycles. The molecule has 30 heavy (non-hydrogen) atoms. The van der Waals surface area contributed by atoms with Gasteiger partial charge in [0.2, 0.25) is 0 Å². The van der Waals surface area contributed by atoms with E-state index in [9.17, 15) is 9.90 Å². The number of hydrogen-bond donors (Lipinski definition) is 2. The summed E-state index contributed by atoms with van der Waals surface area (Å²) in [7, 11) is 0. The molecule has 1 aliphatic heterocycles. The lowest BCUT2D eigenvalue weighted by atomic mass is 9.81.